The van der Waals surface area contributed by atoms with Crippen molar-refractivity contribution in [2.45, 2.75) is 64.4 Å². The van der Waals surface area contributed by atoms with Crippen molar-refractivity contribution in [2.24, 2.45) is 0 Å². The number of halogens is 1. The van der Waals surface area contributed by atoms with Gasteiger partial charge in [-0.05, 0) is 67.7 Å². The maximum Gasteiger partial charge on any atom is 0.237 e. The summed E-state index contributed by atoms with van der Waals surface area (Å²) in [6.07, 6.45) is 2.25. The number of thioether (sulfide) groups is 1. The number of nitrogens with one attached hydrogen (secondary N) is 1. The molecule has 0 aliphatic rings. The number of hydrogen-bond donors (Lipinski definition) is 1. The third kappa shape index (κ3) is 5.11. The zero-order valence-corrected chi connectivity index (χ0v) is 17.9. The van der Waals surface area contributed by atoms with Gasteiger partial charge in [-0.1, -0.05) is 31.2 Å². The molecule has 0 saturated heterocycles. The maximum absolute atomic E-state index is 12.6. The average molecular weight is 424 g/mol. The number of aryl methyl sites for hydroxylation is 2. The Balaban J connectivity index is 2.09. The largest absolute Gasteiger partial charge is 0.324 e. The van der Waals surface area contributed by atoms with Crippen molar-refractivity contribution in [2.75, 3.05) is 5.32 Å². The van der Waals surface area contributed by atoms with Gasteiger partial charge < -0.3 is 9.88 Å². The van der Waals surface area contributed by atoms with Gasteiger partial charge in [0.1, 0.15) is 0 Å². The first-order valence-corrected chi connectivity index (χ1v) is 10.3. The highest BCUT2D eigenvalue weighted by Crippen LogP contribution is 2.28. The third-order valence-electron chi connectivity index (χ3n) is 4.19. The van der Waals surface area contributed by atoms with Crippen LogP contribution >= 0.6 is 27.7 Å². The highest BCUT2D eigenvalue weighted by atomic mass is 79.9. The molecular formula is C19H26BrN3OS. The molecule has 0 fully saturated rings. The van der Waals surface area contributed by atoms with Crippen molar-refractivity contribution in [3.05, 3.63) is 39.6 Å². The average Bonchev–Trinajstić information content (AvgIpc) is 2.82. The molecule has 1 aromatic heterocycles. The number of anilines is 1. The number of hydrogen-bond acceptors (Lipinski definition) is 3. The second kappa shape index (κ2) is 8.90. The van der Waals surface area contributed by atoms with E-state index in [-0.39, 0.29) is 11.2 Å². The molecule has 0 aliphatic carbocycles. The molecule has 0 spiro atoms. The summed E-state index contributed by atoms with van der Waals surface area (Å²) in [7, 11) is 0. The molecule has 1 amide bonds. The van der Waals surface area contributed by atoms with Crippen LogP contribution in [0.15, 0.2) is 27.8 Å². The standard InChI is InChI=1S/C19H26BrN3OS/c1-6-7-10-23-14(4)13(3)21-19(23)25-15(5)18(24)22-17-9-8-12(2)11-16(17)20/h8-9,11,15H,6-7,10H2,1-5H3,(H,22,24). The van der Waals surface area contributed by atoms with Crippen LogP contribution in [0.5, 0.6) is 0 Å². The van der Waals surface area contributed by atoms with Gasteiger partial charge in [-0.25, -0.2) is 4.98 Å². The first-order chi connectivity index (χ1) is 11.8. The number of amides is 1. The highest BCUT2D eigenvalue weighted by molar-refractivity contribution is 9.10. The Morgan fingerprint density at radius 3 is 2.72 bits per heavy atom. The summed E-state index contributed by atoms with van der Waals surface area (Å²) in [4.78, 5) is 17.2. The lowest BCUT2D eigenvalue weighted by Gasteiger charge is -2.14. The Bertz CT molecular complexity index is 757. The molecule has 6 heteroatoms. The minimum absolute atomic E-state index is 0.0186. The van der Waals surface area contributed by atoms with Crippen LogP contribution in [0.4, 0.5) is 5.69 Å². The highest BCUT2D eigenvalue weighted by Gasteiger charge is 2.20. The predicted octanol–water partition coefficient (Wildman–Crippen LogP) is 5.49. The Labute approximate surface area is 162 Å². The molecule has 1 N–H and O–H groups in total. The Morgan fingerprint density at radius 2 is 2.08 bits per heavy atom. The minimum atomic E-state index is -0.227. The third-order valence-corrected chi connectivity index (χ3v) is 5.94. The minimum Gasteiger partial charge on any atom is -0.324 e. The van der Waals surface area contributed by atoms with Crippen LogP contribution in [0.25, 0.3) is 0 Å². The van der Waals surface area contributed by atoms with E-state index in [9.17, 15) is 4.79 Å². The van der Waals surface area contributed by atoms with Gasteiger partial charge in [-0.3, -0.25) is 4.79 Å². The lowest BCUT2D eigenvalue weighted by molar-refractivity contribution is -0.115. The van der Waals surface area contributed by atoms with Gasteiger partial charge in [0.25, 0.3) is 0 Å². The quantitative estimate of drug-likeness (QED) is 0.598. The lowest BCUT2D eigenvalue weighted by Crippen LogP contribution is -2.23. The number of unbranched alkanes of at least 4 members (excludes halogenated alkanes) is 1. The Morgan fingerprint density at radius 1 is 1.36 bits per heavy atom. The van der Waals surface area contributed by atoms with Gasteiger partial charge in [-0.15, -0.1) is 0 Å². The summed E-state index contributed by atoms with van der Waals surface area (Å²) in [5, 5.41) is 3.70. The van der Waals surface area contributed by atoms with E-state index in [1.807, 2.05) is 39.0 Å². The van der Waals surface area contributed by atoms with E-state index < -0.39 is 0 Å². The van der Waals surface area contributed by atoms with E-state index in [0.717, 1.165) is 46.0 Å². The van der Waals surface area contributed by atoms with Gasteiger partial charge in [0.15, 0.2) is 5.16 Å². The number of imidazole rings is 1. The number of carbonyl (C=O) groups is 1. The second-order valence-electron chi connectivity index (χ2n) is 6.30. The maximum atomic E-state index is 12.6. The summed E-state index contributed by atoms with van der Waals surface area (Å²) in [6, 6.07) is 5.91. The topological polar surface area (TPSA) is 46.9 Å². The van der Waals surface area contributed by atoms with Crippen molar-refractivity contribution >= 4 is 39.3 Å². The lowest BCUT2D eigenvalue weighted by atomic mass is 10.2. The van der Waals surface area contributed by atoms with Gasteiger partial charge in [0.2, 0.25) is 5.91 Å². The molecule has 2 rings (SSSR count). The van der Waals surface area contributed by atoms with E-state index in [1.54, 1.807) is 0 Å². The first-order valence-electron chi connectivity index (χ1n) is 8.60. The Kier molecular flexibility index (Phi) is 7.14. The van der Waals surface area contributed by atoms with E-state index in [1.165, 1.54) is 17.5 Å². The number of aromatic nitrogens is 2. The number of benzene rings is 1. The zero-order chi connectivity index (χ0) is 18.6. The van der Waals surface area contributed by atoms with Gasteiger partial charge in [-0.2, -0.15) is 0 Å². The summed E-state index contributed by atoms with van der Waals surface area (Å²) in [6.45, 7) is 11.2. The molecule has 4 nitrogen and oxygen atoms in total. The molecule has 136 valence electrons. The predicted molar refractivity (Wildman–Crippen MR) is 109 cm³/mol. The zero-order valence-electron chi connectivity index (χ0n) is 15.5. The normalized spacial score (nSPS) is 12.2. The smallest absolute Gasteiger partial charge is 0.237 e. The summed E-state index contributed by atoms with van der Waals surface area (Å²) in [5.74, 6) is -0.0186. The van der Waals surface area contributed by atoms with Crippen molar-refractivity contribution in [3.8, 4) is 0 Å². The summed E-state index contributed by atoms with van der Waals surface area (Å²) < 4.78 is 3.13. The van der Waals surface area contributed by atoms with E-state index in [4.69, 9.17) is 0 Å². The van der Waals surface area contributed by atoms with Crippen molar-refractivity contribution in [1.29, 1.82) is 0 Å². The molecule has 0 bridgehead atoms. The van der Waals surface area contributed by atoms with Crippen LogP contribution in [0.1, 0.15) is 43.6 Å². The van der Waals surface area contributed by atoms with E-state index in [2.05, 4.69) is 44.6 Å². The molecule has 1 unspecified atom stereocenters. The van der Waals surface area contributed by atoms with Crippen LogP contribution in [0.3, 0.4) is 0 Å². The molecule has 0 aliphatic heterocycles. The fraction of sp³-hybridized carbons (Fsp3) is 0.474. The van der Waals surface area contributed by atoms with Gasteiger partial charge >= 0.3 is 0 Å². The fourth-order valence-corrected chi connectivity index (χ4v) is 4.08. The summed E-state index contributed by atoms with van der Waals surface area (Å²) in [5.41, 5.74) is 4.17. The SMILES string of the molecule is CCCCn1c(SC(C)C(=O)Nc2ccc(C)cc2Br)nc(C)c1C. The molecule has 0 radical (unpaired) electrons. The molecule has 2 aromatic rings. The van der Waals surface area contributed by atoms with Crippen molar-refractivity contribution < 1.29 is 4.79 Å². The number of rotatable bonds is 7. The number of carbonyl (C=O) groups excluding carboxylic acids is 1. The molecule has 0 saturated carbocycles. The van der Waals surface area contributed by atoms with Crippen molar-refractivity contribution in [1.82, 2.24) is 9.55 Å². The van der Waals surface area contributed by atoms with Crippen LogP contribution in [0, 0.1) is 20.8 Å². The summed E-state index contributed by atoms with van der Waals surface area (Å²) >= 11 is 5.02. The van der Waals surface area contributed by atoms with Gasteiger partial charge in [0.05, 0.1) is 16.6 Å². The Hall–Kier alpha value is -1.27. The molecule has 25 heavy (non-hydrogen) atoms. The molecule has 1 atom stereocenters. The first kappa shape index (κ1) is 20.0. The number of nitrogens with zero attached hydrogens (tertiary/aromatic N) is 2. The van der Waals surface area contributed by atoms with E-state index in [0.29, 0.717) is 0 Å². The van der Waals surface area contributed by atoms with Crippen LogP contribution < -0.4 is 5.32 Å². The van der Waals surface area contributed by atoms with Crippen molar-refractivity contribution in [3.63, 3.8) is 0 Å². The van der Waals surface area contributed by atoms with Gasteiger partial charge in [0, 0.05) is 16.7 Å². The van der Waals surface area contributed by atoms with Crippen LogP contribution in [-0.2, 0) is 11.3 Å². The van der Waals surface area contributed by atoms with Crippen LogP contribution in [0.2, 0.25) is 0 Å². The molecule has 1 heterocycles. The second-order valence-corrected chi connectivity index (χ2v) is 8.47. The van der Waals surface area contributed by atoms with Crippen LogP contribution in [-0.4, -0.2) is 20.7 Å². The van der Waals surface area contributed by atoms with E-state index >= 15 is 0 Å². The monoisotopic (exact) mass is 423 g/mol. The molecular weight excluding hydrogens is 398 g/mol. The molecule has 1 aromatic carbocycles. The fourth-order valence-electron chi connectivity index (χ4n) is 2.46.